The second-order valence-corrected chi connectivity index (χ2v) is 6.34. The van der Waals surface area contributed by atoms with Gasteiger partial charge in [-0.1, -0.05) is 17.7 Å². The van der Waals surface area contributed by atoms with E-state index in [2.05, 4.69) is 10.6 Å². The predicted octanol–water partition coefficient (Wildman–Crippen LogP) is 3.60. The topological polar surface area (TPSA) is 58.2 Å². The van der Waals surface area contributed by atoms with Gasteiger partial charge < -0.3 is 10.6 Å². The number of anilines is 2. The Bertz CT molecular complexity index is 771. The highest BCUT2D eigenvalue weighted by molar-refractivity contribution is 8.00. The number of aryl methyl sites for hydroxylation is 2. The standard InChI is InChI=1S/C17H16N2O2S/c1-10-3-5-13(11(2)7-10)17(21)18-12-4-6-15-14(8-12)19-16(20)9-22-15/h3-8H,9H2,1-2H3,(H,18,21)(H,19,20). The third kappa shape index (κ3) is 2.99. The van der Waals surface area contributed by atoms with Crippen molar-refractivity contribution in [2.75, 3.05) is 16.4 Å². The van der Waals surface area contributed by atoms with Crippen molar-refractivity contribution >= 4 is 35.0 Å². The van der Waals surface area contributed by atoms with Gasteiger partial charge in [0.05, 0.1) is 11.4 Å². The summed E-state index contributed by atoms with van der Waals surface area (Å²) in [4.78, 5) is 24.8. The van der Waals surface area contributed by atoms with Gasteiger partial charge in [0.25, 0.3) is 5.91 Å². The molecular weight excluding hydrogens is 296 g/mol. The Balaban J connectivity index is 1.82. The molecule has 4 nitrogen and oxygen atoms in total. The molecule has 2 amide bonds. The molecule has 2 N–H and O–H groups in total. The van der Waals surface area contributed by atoms with E-state index >= 15 is 0 Å². The van der Waals surface area contributed by atoms with Crippen LogP contribution in [0.1, 0.15) is 21.5 Å². The van der Waals surface area contributed by atoms with Crippen LogP contribution in [-0.4, -0.2) is 17.6 Å². The number of benzene rings is 2. The summed E-state index contributed by atoms with van der Waals surface area (Å²) in [7, 11) is 0. The number of carbonyl (C=O) groups excluding carboxylic acids is 2. The highest BCUT2D eigenvalue weighted by Crippen LogP contribution is 2.33. The Morgan fingerprint density at radius 3 is 2.77 bits per heavy atom. The van der Waals surface area contributed by atoms with Gasteiger partial charge in [-0.2, -0.15) is 0 Å². The third-order valence-corrected chi connectivity index (χ3v) is 4.57. The number of nitrogens with one attached hydrogen (secondary N) is 2. The fourth-order valence-electron chi connectivity index (χ4n) is 2.43. The summed E-state index contributed by atoms with van der Waals surface area (Å²) in [5.41, 5.74) is 4.15. The van der Waals surface area contributed by atoms with E-state index in [9.17, 15) is 9.59 Å². The van der Waals surface area contributed by atoms with Crippen molar-refractivity contribution in [1.29, 1.82) is 0 Å². The zero-order chi connectivity index (χ0) is 15.7. The van der Waals surface area contributed by atoms with E-state index in [0.717, 1.165) is 21.7 Å². The first-order valence-corrected chi connectivity index (χ1v) is 7.97. The Morgan fingerprint density at radius 1 is 1.18 bits per heavy atom. The van der Waals surface area contributed by atoms with Crippen LogP contribution in [0.4, 0.5) is 11.4 Å². The van der Waals surface area contributed by atoms with E-state index in [4.69, 9.17) is 0 Å². The summed E-state index contributed by atoms with van der Waals surface area (Å²) in [6.07, 6.45) is 0. The highest BCUT2D eigenvalue weighted by Gasteiger charge is 2.16. The van der Waals surface area contributed by atoms with E-state index < -0.39 is 0 Å². The smallest absolute Gasteiger partial charge is 0.255 e. The van der Waals surface area contributed by atoms with Gasteiger partial charge in [0.2, 0.25) is 5.91 Å². The molecule has 3 rings (SSSR count). The van der Waals surface area contributed by atoms with E-state index in [1.807, 2.05) is 44.2 Å². The molecule has 5 heteroatoms. The minimum absolute atomic E-state index is 0.0182. The minimum atomic E-state index is -0.146. The molecule has 0 saturated heterocycles. The number of rotatable bonds is 2. The lowest BCUT2D eigenvalue weighted by Gasteiger charge is -2.17. The Labute approximate surface area is 133 Å². The van der Waals surface area contributed by atoms with Crippen LogP contribution in [0.2, 0.25) is 0 Å². The van der Waals surface area contributed by atoms with Gasteiger partial charge in [0.1, 0.15) is 0 Å². The molecule has 22 heavy (non-hydrogen) atoms. The predicted molar refractivity (Wildman–Crippen MR) is 89.7 cm³/mol. The average Bonchev–Trinajstić information content (AvgIpc) is 2.46. The van der Waals surface area contributed by atoms with Crippen molar-refractivity contribution in [1.82, 2.24) is 0 Å². The summed E-state index contributed by atoms with van der Waals surface area (Å²) >= 11 is 1.50. The van der Waals surface area contributed by atoms with Crippen molar-refractivity contribution in [2.45, 2.75) is 18.7 Å². The van der Waals surface area contributed by atoms with E-state index in [-0.39, 0.29) is 11.8 Å². The van der Waals surface area contributed by atoms with Gasteiger partial charge in [-0.3, -0.25) is 9.59 Å². The van der Waals surface area contributed by atoms with Gasteiger partial charge in [-0.05, 0) is 43.7 Å². The largest absolute Gasteiger partial charge is 0.324 e. The lowest BCUT2D eigenvalue weighted by molar-refractivity contribution is -0.113. The summed E-state index contributed by atoms with van der Waals surface area (Å²) < 4.78 is 0. The maximum absolute atomic E-state index is 12.4. The Morgan fingerprint density at radius 2 is 2.00 bits per heavy atom. The van der Waals surface area contributed by atoms with E-state index in [1.165, 1.54) is 11.8 Å². The maximum Gasteiger partial charge on any atom is 0.255 e. The number of carbonyl (C=O) groups is 2. The fourth-order valence-corrected chi connectivity index (χ4v) is 3.22. The second kappa shape index (κ2) is 5.85. The van der Waals surface area contributed by atoms with Crippen molar-refractivity contribution in [3.05, 3.63) is 53.1 Å². The first kappa shape index (κ1) is 14.7. The fraction of sp³-hybridized carbons (Fsp3) is 0.176. The molecule has 1 aliphatic rings. The molecule has 0 unspecified atom stereocenters. The minimum Gasteiger partial charge on any atom is -0.324 e. The van der Waals surface area contributed by atoms with Crippen LogP contribution in [-0.2, 0) is 4.79 Å². The normalized spacial score (nSPS) is 13.3. The monoisotopic (exact) mass is 312 g/mol. The zero-order valence-corrected chi connectivity index (χ0v) is 13.2. The van der Waals surface area contributed by atoms with Crippen LogP contribution in [0.15, 0.2) is 41.3 Å². The maximum atomic E-state index is 12.4. The molecule has 1 aliphatic heterocycles. The van der Waals surface area contributed by atoms with Crippen LogP contribution in [0.3, 0.4) is 0 Å². The van der Waals surface area contributed by atoms with Gasteiger partial charge in [-0.25, -0.2) is 0 Å². The SMILES string of the molecule is Cc1ccc(C(=O)Nc2ccc3c(c2)NC(=O)CS3)c(C)c1. The molecule has 2 aromatic rings. The molecule has 1 heterocycles. The van der Waals surface area contributed by atoms with Crippen LogP contribution >= 0.6 is 11.8 Å². The molecule has 0 aliphatic carbocycles. The van der Waals surface area contributed by atoms with Crippen molar-refractivity contribution in [3.8, 4) is 0 Å². The Kier molecular flexibility index (Phi) is 3.90. The quantitative estimate of drug-likeness (QED) is 0.891. The molecule has 0 atom stereocenters. The number of fused-ring (bicyclic) bond motifs is 1. The molecule has 0 bridgehead atoms. The molecular formula is C17H16N2O2S. The van der Waals surface area contributed by atoms with Crippen LogP contribution < -0.4 is 10.6 Å². The summed E-state index contributed by atoms with van der Waals surface area (Å²) in [6, 6.07) is 11.3. The van der Waals surface area contributed by atoms with E-state index in [1.54, 1.807) is 6.07 Å². The van der Waals surface area contributed by atoms with Gasteiger partial charge >= 0.3 is 0 Å². The molecule has 2 aromatic carbocycles. The lowest BCUT2D eigenvalue weighted by atomic mass is 10.1. The van der Waals surface area contributed by atoms with Gasteiger partial charge in [0, 0.05) is 16.1 Å². The van der Waals surface area contributed by atoms with Gasteiger partial charge in [-0.15, -0.1) is 11.8 Å². The highest BCUT2D eigenvalue weighted by atomic mass is 32.2. The number of amides is 2. The third-order valence-electron chi connectivity index (χ3n) is 3.50. The first-order valence-electron chi connectivity index (χ1n) is 6.98. The summed E-state index contributed by atoms with van der Waals surface area (Å²) in [5.74, 6) is 0.268. The molecule has 0 radical (unpaired) electrons. The van der Waals surface area contributed by atoms with Crippen LogP contribution in [0, 0.1) is 13.8 Å². The van der Waals surface area contributed by atoms with Gasteiger partial charge in [0.15, 0.2) is 0 Å². The average molecular weight is 312 g/mol. The van der Waals surface area contributed by atoms with Crippen LogP contribution in [0.5, 0.6) is 0 Å². The molecule has 0 fully saturated rings. The molecule has 0 aromatic heterocycles. The van der Waals surface area contributed by atoms with Crippen molar-refractivity contribution < 1.29 is 9.59 Å². The summed E-state index contributed by atoms with van der Waals surface area (Å²) in [6.45, 7) is 3.92. The Hall–Kier alpha value is -2.27. The summed E-state index contributed by atoms with van der Waals surface area (Å²) in [5, 5.41) is 5.71. The van der Waals surface area contributed by atoms with Crippen molar-refractivity contribution in [2.24, 2.45) is 0 Å². The molecule has 0 saturated carbocycles. The second-order valence-electron chi connectivity index (χ2n) is 5.32. The van der Waals surface area contributed by atoms with Crippen LogP contribution in [0.25, 0.3) is 0 Å². The number of hydrogen-bond acceptors (Lipinski definition) is 3. The van der Waals surface area contributed by atoms with Crippen molar-refractivity contribution in [3.63, 3.8) is 0 Å². The molecule has 112 valence electrons. The number of hydrogen-bond donors (Lipinski definition) is 2. The zero-order valence-electron chi connectivity index (χ0n) is 12.4. The number of thioether (sulfide) groups is 1. The molecule has 0 spiro atoms. The van der Waals surface area contributed by atoms with E-state index in [0.29, 0.717) is 17.0 Å². The lowest BCUT2D eigenvalue weighted by Crippen LogP contribution is -2.19. The first-order chi connectivity index (χ1) is 10.5.